The van der Waals surface area contributed by atoms with Crippen LogP contribution in [0.2, 0.25) is 0 Å². The molecule has 2 atom stereocenters. The first-order valence-electron chi connectivity index (χ1n) is 6.24. The third kappa shape index (κ3) is 6.01. The highest BCUT2D eigenvalue weighted by molar-refractivity contribution is 5.87. The zero-order valence-corrected chi connectivity index (χ0v) is 13.1. The van der Waals surface area contributed by atoms with E-state index >= 15 is 0 Å². The van der Waals surface area contributed by atoms with Gasteiger partial charge in [0.1, 0.15) is 11.8 Å². The van der Waals surface area contributed by atoms with Gasteiger partial charge in [0.2, 0.25) is 5.91 Å². The minimum absolute atomic E-state index is 0. The molecule has 0 aliphatic rings. The topological polar surface area (TPSA) is 90.6 Å². The van der Waals surface area contributed by atoms with E-state index in [0.29, 0.717) is 6.42 Å². The molecule has 0 saturated carbocycles. The largest absolute Gasteiger partial charge is 0.497 e. The first-order valence-corrected chi connectivity index (χ1v) is 6.24. The zero-order valence-electron chi connectivity index (χ0n) is 12.3. The van der Waals surface area contributed by atoms with Gasteiger partial charge in [-0.2, -0.15) is 0 Å². The Morgan fingerprint density at radius 1 is 1.24 bits per heavy atom. The number of nitrogens with two attached hydrogens (primary N) is 1. The Balaban J connectivity index is 0.00000400. The maximum Gasteiger partial charge on any atom is 0.328 e. The highest BCUT2D eigenvalue weighted by Gasteiger charge is 2.23. The molecule has 0 aromatic heterocycles. The van der Waals surface area contributed by atoms with Crippen LogP contribution in [0.3, 0.4) is 0 Å². The van der Waals surface area contributed by atoms with E-state index in [1.807, 2.05) is 12.1 Å². The summed E-state index contributed by atoms with van der Waals surface area (Å²) in [6.07, 6.45) is 0.328. The molecule has 7 heteroatoms. The van der Waals surface area contributed by atoms with Crippen molar-refractivity contribution >= 4 is 24.3 Å². The average molecular weight is 317 g/mol. The number of carbonyl (C=O) groups excluding carboxylic acids is 2. The van der Waals surface area contributed by atoms with Crippen LogP contribution in [0.4, 0.5) is 0 Å². The number of esters is 1. The van der Waals surface area contributed by atoms with Gasteiger partial charge in [0.25, 0.3) is 0 Å². The number of benzene rings is 1. The highest BCUT2D eigenvalue weighted by atomic mass is 35.5. The summed E-state index contributed by atoms with van der Waals surface area (Å²) in [5.74, 6) is -0.174. The lowest BCUT2D eigenvalue weighted by Gasteiger charge is -2.18. The van der Waals surface area contributed by atoms with Crippen LogP contribution in [-0.2, 0) is 20.7 Å². The molecule has 0 fully saturated rings. The number of ether oxygens (including phenoxy) is 2. The van der Waals surface area contributed by atoms with Gasteiger partial charge in [-0.3, -0.25) is 4.79 Å². The number of halogens is 1. The summed E-state index contributed by atoms with van der Waals surface area (Å²) in [5.41, 5.74) is 6.36. The Labute approximate surface area is 130 Å². The molecule has 0 unspecified atom stereocenters. The number of methoxy groups -OCH3 is 2. The van der Waals surface area contributed by atoms with Crippen LogP contribution in [0.1, 0.15) is 12.5 Å². The van der Waals surface area contributed by atoms with Gasteiger partial charge in [0.05, 0.1) is 20.3 Å². The lowest BCUT2D eigenvalue weighted by molar-refractivity contribution is -0.145. The number of carbonyl (C=O) groups is 2. The van der Waals surface area contributed by atoms with Gasteiger partial charge in [0.15, 0.2) is 0 Å². The van der Waals surface area contributed by atoms with Crippen molar-refractivity contribution in [1.29, 1.82) is 0 Å². The maximum absolute atomic E-state index is 11.7. The normalized spacial score (nSPS) is 12.6. The van der Waals surface area contributed by atoms with Crippen molar-refractivity contribution in [2.45, 2.75) is 25.4 Å². The van der Waals surface area contributed by atoms with Gasteiger partial charge in [-0.25, -0.2) is 4.79 Å². The summed E-state index contributed by atoms with van der Waals surface area (Å²) in [6, 6.07) is 5.79. The van der Waals surface area contributed by atoms with E-state index in [9.17, 15) is 9.59 Å². The molecule has 0 aliphatic carbocycles. The molecule has 0 bridgehead atoms. The van der Waals surface area contributed by atoms with Gasteiger partial charge in [-0.15, -0.1) is 12.4 Å². The quantitative estimate of drug-likeness (QED) is 0.753. The van der Waals surface area contributed by atoms with E-state index in [2.05, 4.69) is 5.32 Å². The molecule has 0 spiro atoms. The van der Waals surface area contributed by atoms with Crippen LogP contribution in [0.5, 0.6) is 5.75 Å². The first-order chi connectivity index (χ1) is 9.47. The zero-order chi connectivity index (χ0) is 15.1. The summed E-state index contributed by atoms with van der Waals surface area (Å²) in [5, 5.41) is 2.57. The second-order valence-corrected chi connectivity index (χ2v) is 4.43. The first kappa shape index (κ1) is 19.2. The van der Waals surface area contributed by atoms with Crippen LogP contribution in [0, 0.1) is 0 Å². The van der Waals surface area contributed by atoms with Crippen LogP contribution < -0.4 is 15.8 Å². The number of hydrogen-bond donors (Lipinski definition) is 2. The van der Waals surface area contributed by atoms with Gasteiger partial charge in [-0.1, -0.05) is 12.1 Å². The van der Waals surface area contributed by atoms with E-state index < -0.39 is 24.0 Å². The lowest BCUT2D eigenvalue weighted by atomic mass is 10.1. The van der Waals surface area contributed by atoms with E-state index in [1.165, 1.54) is 7.11 Å². The molecule has 3 N–H and O–H groups in total. The predicted octanol–water partition coefficient (Wildman–Crippen LogP) is 0.664. The minimum atomic E-state index is -0.758. The summed E-state index contributed by atoms with van der Waals surface area (Å²) in [7, 11) is 2.86. The molecule has 1 aromatic rings. The third-order valence-electron chi connectivity index (χ3n) is 2.81. The predicted molar refractivity (Wildman–Crippen MR) is 81.5 cm³/mol. The molecule has 0 aliphatic heterocycles. The molecule has 118 valence electrons. The molecule has 21 heavy (non-hydrogen) atoms. The molecule has 0 radical (unpaired) electrons. The Hall–Kier alpha value is -1.79. The van der Waals surface area contributed by atoms with Crippen molar-refractivity contribution in [3.05, 3.63) is 29.8 Å². The fourth-order valence-corrected chi connectivity index (χ4v) is 1.64. The van der Waals surface area contributed by atoms with Gasteiger partial charge in [-0.05, 0) is 24.6 Å². The average Bonchev–Trinajstić information content (AvgIpc) is 2.46. The minimum Gasteiger partial charge on any atom is -0.497 e. The Morgan fingerprint density at radius 2 is 1.81 bits per heavy atom. The van der Waals surface area contributed by atoms with Crippen LogP contribution in [-0.4, -0.2) is 38.2 Å². The third-order valence-corrected chi connectivity index (χ3v) is 2.81. The Kier molecular flexibility index (Phi) is 8.42. The molecule has 1 aromatic carbocycles. The fraction of sp³-hybridized carbons (Fsp3) is 0.429. The summed E-state index contributed by atoms with van der Waals surface area (Å²) >= 11 is 0. The van der Waals surface area contributed by atoms with E-state index in [1.54, 1.807) is 26.2 Å². The maximum atomic E-state index is 11.7. The number of hydrogen-bond acceptors (Lipinski definition) is 5. The monoisotopic (exact) mass is 316 g/mol. The van der Waals surface area contributed by atoms with Gasteiger partial charge < -0.3 is 20.5 Å². The van der Waals surface area contributed by atoms with Crippen molar-refractivity contribution in [3.8, 4) is 5.75 Å². The second-order valence-electron chi connectivity index (χ2n) is 4.43. The molecular weight excluding hydrogens is 296 g/mol. The molecule has 1 amide bonds. The van der Waals surface area contributed by atoms with Crippen LogP contribution >= 0.6 is 12.4 Å². The number of nitrogens with one attached hydrogen (secondary N) is 1. The number of amides is 1. The smallest absolute Gasteiger partial charge is 0.328 e. The van der Waals surface area contributed by atoms with Crippen molar-refractivity contribution in [1.82, 2.24) is 5.32 Å². The molecule has 0 heterocycles. The highest BCUT2D eigenvalue weighted by Crippen LogP contribution is 2.13. The van der Waals surface area contributed by atoms with Crippen molar-refractivity contribution in [3.63, 3.8) is 0 Å². The molecule has 6 nitrogen and oxygen atoms in total. The van der Waals surface area contributed by atoms with Crippen molar-refractivity contribution in [2.75, 3.05) is 14.2 Å². The standard InChI is InChI=1S/C14H20N2O4.ClH/c1-9(15)13(17)16-12(14(18)20-3)8-10-4-6-11(19-2)7-5-10;/h4-7,9,12H,8,15H2,1-3H3,(H,16,17);1H/t9-,12-;/m0./s1. The van der Waals surface area contributed by atoms with Crippen LogP contribution in [0.25, 0.3) is 0 Å². The molecule has 1 rings (SSSR count). The second kappa shape index (κ2) is 9.20. The van der Waals surface area contributed by atoms with E-state index in [0.717, 1.165) is 11.3 Å². The Morgan fingerprint density at radius 3 is 2.24 bits per heavy atom. The molecular formula is C14H21ClN2O4. The van der Waals surface area contributed by atoms with Crippen molar-refractivity contribution in [2.24, 2.45) is 5.73 Å². The fourth-order valence-electron chi connectivity index (χ4n) is 1.64. The van der Waals surface area contributed by atoms with Gasteiger partial charge >= 0.3 is 5.97 Å². The summed E-state index contributed by atoms with van der Waals surface area (Å²) in [6.45, 7) is 1.55. The summed E-state index contributed by atoms with van der Waals surface area (Å²) in [4.78, 5) is 23.3. The SMILES string of the molecule is COC(=O)[C@H](Cc1ccc(OC)cc1)NC(=O)[C@H](C)N.Cl. The Bertz CT molecular complexity index is 463. The van der Waals surface area contributed by atoms with Gasteiger partial charge in [0, 0.05) is 6.42 Å². The van der Waals surface area contributed by atoms with Crippen LogP contribution in [0.15, 0.2) is 24.3 Å². The molecule has 0 saturated heterocycles. The van der Waals surface area contributed by atoms with E-state index in [-0.39, 0.29) is 12.4 Å². The number of rotatable bonds is 6. The summed E-state index contributed by atoms with van der Waals surface area (Å²) < 4.78 is 9.75. The van der Waals surface area contributed by atoms with Crippen molar-refractivity contribution < 1.29 is 19.1 Å². The van der Waals surface area contributed by atoms with E-state index in [4.69, 9.17) is 15.2 Å². The lowest BCUT2D eigenvalue weighted by Crippen LogP contribution is -2.48.